The lowest BCUT2D eigenvalue weighted by molar-refractivity contribution is -0.185. The number of nitrogens with one attached hydrogen (secondary N) is 2. The molecule has 1 aromatic carbocycles. The van der Waals surface area contributed by atoms with Crippen molar-refractivity contribution in [2.24, 2.45) is 5.92 Å². The van der Waals surface area contributed by atoms with E-state index in [2.05, 4.69) is 10.6 Å². The van der Waals surface area contributed by atoms with Crippen LogP contribution in [-0.2, 0) is 20.7 Å². The summed E-state index contributed by atoms with van der Waals surface area (Å²) in [7, 11) is 0. The van der Waals surface area contributed by atoms with Gasteiger partial charge in [-0.1, -0.05) is 50.3 Å². The summed E-state index contributed by atoms with van der Waals surface area (Å²) in [6.45, 7) is 3.78. The van der Waals surface area contributed by atoms with Gasteiger partial charge in [-0.05, 0) is 24.1 Å². The molecule has 4 atom stereocenters. The lowest BCUT2D eigenvalue weighted by Gasteiger charge is -2.54. The number of amides is 2. The van der Waals surface area contributed by atoms with E-state index in [9.17, 15) is 14.7 Å². The summed E-state index contributed by atoms with van der Waals surface area (Å²) < 4.78 is 5.57. The van der Waals surface area contributed by atoms with Crippen LogP contribution in [0.5, 0.6) is 0 Å². The van der Waals surface area contributed by atoms with E-state index in [1.807, 2.05) is 44.2 Å². The van der Waals surface area contributed by atoms with E-state index in [-0.39, 0.29) is 23.6 Å². The molecule has 1 saturated heterocycles. The number of allylic oxidation sites excluding steroid dienone is 2. The number of fused-ring (bicyclic) bond motifs is 1. The van der Waals surface area contributed by atoms with Crippen molar-refractivity contribution in [2.45, 2.75) is 44.6 Å². The summed E-state index contributed by atoms with van der Waals surface area (Å²) in [5.74, 6) is -0.738. The maximum absolute atomic E-state index is 13.5. The zero-order valence-electron chi connectivity index (χ0n) is 16.5. The third kappa shape index (κ3) is 3.21. The first-order chi connectivity index (χ1) is 14.0. The van der Waals surface area contributed by atoms with E-state index < -0.39 is 17.9 Å². The maximum Gasteiger partial charge on any atom is 0.261 e. The minimum Gasteiger partial charge on any atom is -0.448 e. The normalized spacial score (nSPS) is 29.3. The Morgan fingerprint density at radius 3 is 2.72 bits per heavy atom. The molecular weight excluding hydrogens is 370 g/mol. The van der Waals surface area contributed by atoms with Crippen molar-refractivity contribution >= 4 is 11.8 Å². The van der Waals surface area contributed by atoms with Crippen molar-refractivity contribution in [1.29, 1.82) is 0 Å². The number of hydrogen-bond acceptors (Lipinski definition) is 5. The molecule has 7 nitrogen and oxygen atoms in total. The number of carbonyl (C=O) groups is 2. The Labute approximate surface area is 169 Å². The summed E-state index contributed by atoms with van der Waals surface area (Å²) in [5, 5.41) is 17.4. The predicted molar refractivity (Wildman–Crippen MR) is 107 cm³/mol. The van der Waals surface area contributed by atoms with Gasteiger partial charge in [0.05, 0.1) is 11.8 Å². The van der Waals surface area contributed by atoms with Gasteiger partial charge in [-0.15, -0.1) is 0 Å². The Morgan fingerprint density at radius 2 is 2.00 bits per heavy atom. The summed E-state index contributed by atoms with van der Waals surface area (Å²) in [4.78, 5) is 28.0. The minimum atomic E-state index is -1.63. The molecule has 4 rings (SSSR count). The van der Waals surface area contributed by atoms with Gasteiger partial charge in [-0.2, -0.15) is 0 Å². The van der Waals surface area contributed by atoms with Gasteiger partial charge in [0.2, 0.25) is 11.8 Å². The van der Waals surface area contributed by atoms with Crippen molar-refractivity contribution < 1.29 is 19.4 Å². The van der Waals surface area contributed by atoms with Gasteiger partial charge < -0.3 is 25.4 Å². The number of hydrogen-bond donors (Lipinski definition) is 3. The number of aliphatic hydroxyl groups is 1. The van der Waals surface area contributed by atoms with Gasteiger partial charge in [-0.3, -0.25) is 9.59 Å². The average molecular weight is 395 g/mol. The Morgan fingerprint density at radius 1 is 1.24 bits per heavy atom. The lowest BCUT2D eigenvalue weighted by atomic mass is 9.85. The first-order valence-electron chi connectivity index (χ1n) is 9.87. The zero-order valence-corrected chi connectivity index (χ0v) is 16.5. The van der Waals surface area contributed by atoms with Crippen LogP contribution in [0, 0.1) is 5.92 Å². The van der Waals surface area contributed by atoms with E-state index >= 15 is 0 Å². The fourth-order valence-electron chi connectivity index (χ4n) is 4.03. The van der Waals surface area contributed by atoms with E-state index in [1.54, 1.807) is 18.2 Å². The Bertz CT molecular complexity index is 908. The monoisotopic (exact) mass is 395 g/mol. The van der Waals surface area contributed by atoms with Gasteiger partial charge >= 0.3 is 0 Å². The molecule has 1 fully saturated rings. The molecule has 3 aliphatic rings. The molecule has 2 amide bonds. The van der Waals surface area contributed by atoms with Crippen molar-refractivity contribution in [1.82, 2.24) is 15.5 Å². The van der Waals surface area contributed by atoms with Gasteiger partial charge in [0, 0.05) is 12.3 Å². The standard InChI is InChI=1S/C22H25N3O4/c1-3-14(2)22(28)21-23-19-16(11-7-8-12-29-19)20(27)25(21)17(18(26)24-22)13-15-9-5-4-6-10-15/h4-12,14,17,21,23,28H,3,13H2,1-2H3,(H,24,26)/t14-,17+,21?,22+/m0/s1. The summed E-state index contributed by atoms with van der Waals surface area (Å²) >= 11 is 0. The first kappa shape index (κ1) is 19.3. The highest BCUT2D eigenvalue weighted by Crippen LogP contribution is 2.35. The van der Waals surface area contributed by atoms with E-state index in [1.165, 1.54) is 11.2 Å². The molecule has 3 aliphatic heterocycles. The molecule has 0 saturated carbocycles. The number of nitrogens with zero attached hydrogens (tertiary/aromatic N) is 1. The van der Waals surface area contributed by atoms with Crippen molar-refractivity contribution in [2.75, 3.05) is 0 Å². The fourth-order valence-corrected chi connectivity index (χ4v) is 4.03. The average Bonchev–Trinajstić information content (AvgIpc) is 2.97. The minimum absolute atomic E-state index is 0.276. The van der Waals surface area contributed by atoms with Crippen LogP contribution >= 0.6 is 0 Å². The van der Waals surface area contributed by atoms with Crippen LogP contribution < -0.4 is 10.6 Å². The third-order valence-electron chi connectivity index (χ3n) is 5.91. The number of benzene rings is 1. The lowest BCUT2D eigenvalue weighted by Crippen LogP contribution is -2.80. The van der Waals surface area contributed by atoms with Crippen LogP contribution in [0.3, 0.4) is 0 Å². The summed E-state index contributed by atoms with van der Waals surface area (Å²) in [5.41, 5.74) is -0.371. The zero-order chi connectivity index (χ0) is 20.6. The number of rotatable bonds is 4. The second kappa shape index (κ2) is 7.40. The molecule has 1 unspecified atom stereocenters. The highest BCUT2D eigenvalue weighted by molar-refractivity contribution is 6.01. The second-order valence-corrected chi connectivity index (χ2v) is 7.64. The molecule has 0 spiro atoms. The molecule has 152 valence electrons. The van der Waals surface area contributed by atoms with Crippen LogP contribution in [-0.4, -0.2) is 39.8 Å². The van der Waals surface area contributed by atoms with Crippen molar-refractivity contribution in [3.8, 4) is 0 Å². The molecule has 3 heterocycles. The molecule has 0 aromatic heterocycles. The van der Waals surface area contributed by atoms with Gasteiger partial charge in [0.25, 0.3) is 5.91 Å². The van der Waals surface area contributed by atoms with E-state index in [4.69, 9.17) is 4.74 Å². The fraction of sp³-hybridized carbons (Fsp3) is 0.364. The largest absolute Gasteiger partial charge is 0.448 e. The Hall–Kier alpha value is -3.06. The molecule has 7 heteroatoms. The number of ether oxygens (including phenoxy) is 1. The first-order valence-corrected chi connectivity index (χ1v) is 9.87. The molecule has 1 aromatic rings. The van der Waals surface area contributed by atoms with Crippen molar-refractivity contribution in [3.05, 3.63) is 71.8 Å². The van der Waals surface area contributed by atoms with Crippen LogP contribution in [0.1, 0.15) is 25.8 Å². The Kier molecular flexibility index (Phi) is 4.92. The topological polar surface area (TPSA) is 90.9 Å². The SMILES string of the molecule is CC[C@H](C)[C@]1(O)NC(=O)[C@@H](Cc2ccccc2)N2C(=O)C3=C(NC21)OC=CC=C3. The number of piperazine rings is 1. The molecule has 0 aliphatic carbocycles. The quantitative estimate of drug-likeness (QED) is 0.719. The van der Waals surface area contributed by atoms with E-state index in [0.29, 0.717) is 18.4 Å². The molecule has 0 bridgehead atoms. The predicted octanol–water partition coefficient (Wildman–Crippen LogP) is 1.53. The molecule has 0 radical (unpaired) electrons. The van der Waals surface area contributed by atoms with Crippen LogP contribution in [0.25, 0.3) is 0 Å². The van der Waals surface area contributed by atoms with Gasteiger partial charge in [-0.25, -0.2) is 0 Å². The van der Waals surface area contributed by atoms with E-state index in [0.717, 1.165) is 5.56 Å². The van der Waals surface area contributed by atoms with Crippen LogP contribution in [0.4, 0.5) is 0 Å². The van der Waals surface area contributed by atoms with Gasteiger partial charge in [0.15, 0.2) is 11.9 Å². The second-order valence-electron chi connectivity index (χ2n) is 7.64. The summed E-state index contributed by atoms with van der Waals surface area (Å²) in [6, 6.07) is 8.78. The third-order valence-corrected chi connectivity index (χ3v) is 5.91. The highest BCUT2D eigenvalue weighted by atomic mass is 16.5. The smallest absolute Gasteiger partial charge is 0.261 e. The maximum atomic E-state index is 13.5. The number of carbonyl (C=O) groups excluding carboxylic acids is 2. The Balaban J connectivity index is 1.78. The molecule has 29 heavy (non-hydrogen) atoms. The van der Waals surface area contributed by atoms with Crippen LogP contribution in [0.15, 0.2) is 66.3 Å². The molecule has 3 N–H and O–H groups in total. The van der Waals surface area contributed by atoms with Crippen molar-refractivity contribution in [3.63, 3.8) is 0 Å². The van der Waals surface area contributed by atoms with Gasteiger partial charge in [0.1, 0.15) is 6.04 Å². The highest BCUT2D eigenvalue weighted by Gasteiger charge is 2.57. The van der Waals surface area contributed by atoms with Crippen LogP contribution in [0.2, 0.25) is 0 Å². The molecular formula is C22H25N3O4. The summed E-state index contributed by atoms with van der Waals surface area (Å²) in [6.07, 6.45) is 6.62.